The highest BCUT2D eigenvalue weighted by Gasteiger charge is 2.22. The summed E-state index contributed by atoms with van der Waals surface area (Å²) in [5.41, 5.74) is 12.4. The van der Waals surface area contributed by atoms with Crippen molar-refractivity contribution in [1.29, 1.82) is 0 Å². The van der Waals surface area contributed by atoms with Gasteiger partial charge in [0.1, 0.15) is 11.2 Å². The lowest BCUT2D eigenvalue weighted by atomic mass is 10.1. The topological polar surface area (TPSA) is 38.8 Å². The molecule has 0 saturated heterocycles. The van der Waals surface area contributed by atoms with Crippen molar-refractivity contribution in [2.24, 2.45) is 0 Å². The van der Waals surface area contributed by atoms with Gasteiger partial charge in [-0.15, -0.1) is 11.3 Å². The molecule has 0 aliphatic carbocycles. The Hall–Kier alpha value is -7.60. The first kappa shape index (κ1) is 33.4. The standard InChI is InChI=1S/C48H27N3OS.C7H8/c1-5-13-37-33(11-1)45-38(49-37)21-19-31-32-20-23-42-46(48(32)52-47(31)45)34-12-3-7-15-40(34)51(42)27-17-22-41-35(25-27)29-9-2-6-14-39(29)50(41)28-18-24-44-36(26-28)30-10-4-8-16-43(30)53-44;1-7-5-3-2-4-6-7/h1-26,49H;2-6H,1H3. The van der Waals surface area contributed by atoms with E-state index in [0.29, 0.717) is 0 Å². The molecule has 9 aromatic carbocycles. The molecule has 0 saturated carbocycles. The van der Waals surface area contributed by atoms with Crippen molar-refractivity contribution >= 4 is 119 Å². The lowest BCUT2D eigenvalue weighted by Gasteiger charge is -2.10. The van der Waals surface area contributed by atoms with E-state index in [4.69, 9.17) is 4.42 Å². The van der Waals surface area contributed by atoms with Gasteiger partial charge in [-0.05, 0) is 91.9 Å². The van der Waals surface area contributed by atoms with E-state index in [9.17, 15) is 0 Å². The molecule has 14 aromatic rings. The molecular formula is C55H35N3OS. The van der Waals surface area contributed by atoms with Crippen LogP contribution in [0, 0.1) is 6.92 Å². The third-order valence-electron chi connectivity index (χ3n) is 12.4. The number of fused-ring (bicyclic) bond motifs is 17. The quantitative estimate of drug-likeness (QED) is 0.186. The van der Waals surface area contributed by atoms with Gasteiger partial charge in [-0.1, -0.05) is 109 Å². The summed E-state index contributed by atoms with van der Waals surface area (Å²) >= 11 is 1.86. The molecule has 5 heteroatoms. The Balaban J connectivity index is 0.000000484. The zero-order chi connectivity index (χ0) is 39.5. The van der Waals surface area contributed by atoms with E-state index in [0.717, 1.165) is 60.5 Å². The average Bonchev–Trinajstić information content (AvgIpc) is 4.10. The van der Waals surface area contributed by atoms with Crippen LogP contribution in [0.5, 0.6) is 0 Å². The SMILES string of the molecule is Cc1ccccc1.c1ccc2c(c1)[nH]c1ccc3c4ccc5c(c6ccccc6n5-c5ccc6c(c5)c5ccccc5n6-c5ccc6sc7ccccc7c6c5)c4oc3c12. The van der Waals surface area contributed by atoms with E-state index in [2.05, 4.69) is 191 Å². The van der Waals surface area contributed by atoms with Crippen molar-refractivity contribution in [1.82, 2.24) is 14.1 Å². The number of rotatable bonds is 2. The molecule has 0 aliphatic heterocycles. The molecule has 0 fully saturated rings. The normalized spacial score (nSPS) is 12.1. The highest BCUT2D eigenvalue weighted by molar-refractivity contribution is 7.25. The van der Waals surface area contributed by atoms with Crippen molar-refractivity contribution in [3.8, 4) is 11.4 Å². The minimum atomic E-state index is 0.930. The zero-order valence-corrected chi connectivity index (χ0v) is 33.4. The smallest absolute Gasteiger partial charge is 0.145 e. The fourth-order valence-corrected chi connectivity index (χ4v) is 10.8. The number of aromatic amines is 1. The van der Waals surface area contributed by atoms with Gasteiger partial charge in [-0.2, -0.15) is 0 Å². The number of hydrogen-bond donors (Lipinski definition) is 1. The molecule has 0 spiro atoms. The molecule has 4 nitrogen and oxygen atoms in total. The van der Waals surface area contributed by atoms with E-state index < -0.39 is 0 Å². The maximum atomic E-state index is 7.00. The van der Waals surface area contributed by atoms with Crippen LogP contribution in [0.25, 0.3) is 119 Å². The molecule has 0 bridgehead atoms. The van der Waals surface area contributed by atoms with Crippen LogP contribution in [0.4, 0.5) is 0 Å². The van der Waals surface area contributed by atoms with Gasteiger partial charge in [0.2, 0.25) is 0 Å². The maximum absolute atomic E-state index is 7.00. The van der Waals surface area contributed by atoms with Gasteiger partial charge in [0.15, 0.2) is 0 Å². The lowest BCUT2D eigenvalue weighted by Crippen LogP contribution is -1.95. The van der Waals surface area contributed by atoms with E-state index in [1.807, 2.05) is 29.5 Å². The van der Waals surface area contributed by atoms with Crippen LogP contribution in [-0.4, -0.2) is 14.1 Å². The largest absolute Gasteiger partial charge is 0.455 e. The molecule has 5 aromatic heterocycles. The van der Waals surface area contributed by atoms with Crippen LogP contribution in [0.15, 0.2) is 192 Å². The highest BCUT2D eigenvalue weighted by atomic mass is 32.1. The number of aryl methyl sites for hydroxylation is 1. The first-order valence-electron chi connectivity index (χ1n) is 20.4. The van der Waals surface area contributed by atoms with Crippen molar-refractivity contribution in [3.05, 3.63) is 194 Å². The molecule has 5 heterocycles. The van der Waals surface area contributed by atoms with Gasteiger partial charge in [0.05, 0.1) is 38.4 Å². The van der Waals surface area contributed by atoms with Crippen LogP contribution in [-0.2, 0) is 0 Å². The maximum Gasteiger partial charge on any atom is 0.145 e. The van der Waals surface area contributed by atoms with Crippen molar-refractivity contribution < 1.29 is 4.42 Å². The summed E-state index contributed by atoms with van der Waals surface area (Å²) in [4.78, 5) is 3.59. The molecule has 0 unspecified atom stereocenters. The number of furan rings is 1. The summed E-state index contributed by atoms with van der Waals surface area (Å²) in [5.74, 6) is 0. The number of hydrogen-bond acceptors (Lipinski definition) is 2. The predicted molar refractivity (Wildman–Crippen MR) is 256 cm³/mol. The van der Waals surface area contributed by atoms with E-state index in [-0.39, 0.29) is 0 Å². The Bertz CT molecular complexity index is 4020. The first-order valence-corrected chi connectivity index (χ1v) is 21.2. The molecule has 0 aliphatic rings. The van der Waals surface area contributed by atoms with Gasteiger partial charge in [0, 0.05) is 69.4 Å². The number of nitrogens with one attached hydrogen (secondary N) is 1. The second-order valence-electron chi connectivity index (χ2n) is 15.8. The fraction of sp³-hybridized carbons (Fsp3) is 0.0182. The Morgan fingerprint density at radius 1 is 0.383 bits per heavy atom. The van der Waals surface area contributed by atoms with Gasteiger partial charge >= 0.3 is 0 Å². The van der Waals surface area contributed by atoms with Crippen molar-refractivity contribution in [2.45, 2.75) is 6.92 Å². The molecule has 60 heavy (non-hydrogen) atoms. The highest BCUT2D eigenvalue weighted by Crippen LogP contribution is 2.44. The zero-order valence-electron chi connectivity index (χ0n) is 32.6. The minimum absolute atomic E-state index is 0.930. The second-order valence-corrected chi connectivity index (χ2v) is 16.9. The minimum Gasteiger partial charge on any atom is -0.455 e. The summed E-state index contributed by atoms with van der Waals surface area (Å²) < 4.78 is 14.5. The average molecular weight is 786 g/mol. The Morgan fingerprint density at radius 3 is 1.75 bits per heavy atom. The molecule has 14 rings (SSSR count). The molecule has 0 radical (unpaired) electrons. The van der Waals surface area contributed by atoms with Crippen molar-refractivity contribution in [3.63, 3.8) is 0 Å². The number of benzene rings is 9. The number of H-pyrrole nitrogens is 1. The Morgan fingerprint density at radius 2 is 0.950 bits per heavy atom. The van der Waals surface area contributed by atoms with Gasteiger partial charge in [0.25, 0.3) is 0 Å². The second kappa shape index (κ2) is 12.7. The Labute approximate surface area is 347 Å². The van der Waals surface area contributed by atoms with Gasteiger partial charge in [-0.25, -0.2) is 0 Å². The van der Waals surface area contributed by atoms with Crippen molar-refractivity contribution in [2.75, 3.05) is 0 Å². The van der Waals surface area contributed by atoms with Crippen LogP contribution < -0.4 is 0 Å². The molecule has 1 N–H and O–H groups in total. The van der Waals surface area contributed by atoms with E-state index >= 15 is 0 Å². The number of thiophene rings is 1. The third-order valence-corrected chi connectivity index (χ3v) is 13.5. The molecule has 0 atom stereocenters. The summed E-state index contributed by atoms with van der Waals surface area (Å²) in [6, 6.07) is 67.8. The molecule has 0 amide bonds. The monoisotopic (exact) mass is 785 g/mol. The lowest BCUT2D eigenvalue weighted by molar-refractivity contribution is 0.677. The van der Waals surface area contributed by atoms with Gasteiger partial charge in [-0.3, -0.25) is 0 Å². The summed E-state index contributed by atoms with van der Waals surface area (Å²) in [5, 5.41) is 12.0. The fourth-order valence-electron chi connectivity index (χ4n) is 9.72. The first-order chi connectivity index (χ1) is 29.7. The van der Waals surface area contributed by atoms with Gasteiger partial charge < -0.3 is 18.5 Å². The number of para-hydroxylation sites is 3. The van der Waals surface area contributed by atoms with E-state index in [1.54, 1.807) is 0 Å². The number of nitrogens with zero attached hydrogens (tertiary/aromatic N) is 2. The number of aromatic nitrogens is 3. The van der Waals surface area contributed by atoms with Crippen LogP contribution in [0.1, 0.15) is 5.56 Å². The summed E-state index contributed by atoms with van der Waals surface area (Å²) in [6.45, 7) is 2.08. The van der Waals surface area contributed by atoms with Crippen LogP contribution >= 0.6 is 11.3 Å². The van der Waals surface area contributed by atoms with E-state index in [1.165, 1.54) is 64.0 Å². The predicted octanol–water partition coefficient (Wildman–Crippen LogP) is 15.8. The third kappa shape index (κ3) is 4.78. The molecule has 282 valence electrons. The summed E-state index contributed by atoms with van der Waals surface area (Å²) in [7, 11) is 0. The molecular weight excluding hydrogens is 751 g/mol. The van der Waals surface area contributed by atoms with Crippen LogP contribution in [0.3, 0.4) is 0 Å². The summed E-state index contributed by atoms with van der Waals surface area (Å²) in [6.07, 6.45) is 0. The van der Waals surface area contributed by atoms with Crippen LogP contribution in [0.2, 0.25) is 0 Å². The Kier molecular flexibility index (Phi) is 7.06.